The quantitative estimate of drug-likeness (QED) is 0.779. The van der Waals surface area contributed by atoms with Crippen LogP contribution in [0.15, 0.2) is 0 Å². The van der Waals surface area contributed by atoms with Crippen LogP contribution in [0.5, 0.6) is 0 Å². The molecule has 1 N–H and O–H groups in total. The Bertz CT molecular complexity index is 181. The van der Waals surface area contributed by atoms with Crippen molar-refractivity contribution in [3.63, 3.8) is 0 Å². The lowest BCUT2D eigenvalue weighted by molar-refractivity contribution is 0.0706. The first-order valence-corrected chi connectivity index (χ1v) is 7.14. The van der Waals surface area contributed by atoms with Gasteiger partial charge in [0.15, 0.2) is 0 Å². The maximum absolute atomic E-state index is 10.0. The molecule has 1 saturated heterocycles. The molecular weight excluding hydrogens is 200 g/mol. The first-order valence-electron chi connectivity index (χ1n) is 7.14. The van der Waals surface area contributed by atoms with E-state index in [0.717, 1.165) is 31.8 Å². The lowest BCUT2D eigenvalue weighted by atomic mass is 9.84. The molecule has 2 heteroatoms. The van der Waals surface area contributed by atoms with Gasteiger partial charge in [-0.2, -0.15) is 0 Å². The van der Waals surface area contributed by atoms with Gasteiger partial charge in [0.05, 0.1) is 12.2 Å². The van der Waals surface area contributed by atoms with E-state index in [9.17, 15) is 5.11 Å². The highest BCUT2D eigenvalue weighted by molar-refractivity contribution is 4.72. The van der Waals surface area contributed by atoms with Crippen LogP contribution < -0.4 is 0 Å². The fraction of sp³-hybridized carbons (Fsp3) is 1.00. The molecule has 0 bridgehead atoms. The molecule has 2 fully saturated rings. The van der Waals surface area contributed by atoms with Crippen molar-refractivity contribution in [1.82, 2.24) is 0 Å². The Morgan fingerprint density at radius 1 is 1.06 bits per heavy atom. The molecule has 2 nitrogen and oxygen atoms in total. The molecule has 1 heterocycles. The third-order valence-corrected chi connectivity index (χ3v) is 4.18. The Kier molecular flexibility index (Phi) is 5.11. The zero-order valence-electron chi connectivity index (χ0n) is 10.4. The molecule has 2 rings (SSSR count). The van der Waals surface area contributed by atoms with Gasteiger partial charge in [-0.05, 0) is 38.0 Å². The summed E-state index contributed by atoms with van der Waals surface area (Å²) in [6.07, 6.45) is 12.7. The van der Waals surface area contributed by atoms with E-state index in [2.05, 4.69) is 0 Å². The van der Waals surface area contributed by atoms with Gasteiger partial charge < -0.3 is 9.84 Å². The fourth-order valence-corrected chi connectivity index (χ4v) is 3.18. The number of hydrogen-bond acceptors (Lipinski definition) is 2. The Hall–Kier alpha value is -0.0800. The Morgan fingerprint density at radius 2 is 1.88 bits per heavy atom. The summed E-state index contributed by atoms with van der Waals surface area (Å²) in [6.45, 7) is 0.934. The second kappa shape index (κ2) is 6.61. The number of ether oxygens (including phenoxy) is 1. The van der Waals surface area contributed by atoms with Crippen LogP contribution in [0.1, 0.15) is 64.2 Å². The van der Waals surface area contributed by atoms with Gasteiger partial charge in [0.1, 0.15) is 0 Å². The lowest BCUT2D eigenvalue weighted by Gasteiger charge is -2.24. The summed E-state index contributed by atoms with van der Waals surface area (Å²) in [5.41, 5.74) is 0. The Morgan fingerprint density at radius 3 is 2.56 bits per heavy atom. The Labute approximate surface area is 99.4 Å². The van der Waals surface area contributed by atoms with Crippen LogP contribution in [0.3, 0.4) is 0 Å². The largest absolute Gasteiger partial charge is 0.393 e. The third kappa shape index (κ3) is 4.06. The molecule has 0 aromatic carbocycles. The molecule has 2 atom stereocenters. The smallest absolute Gasteiger partial charge is 0.0577 e. The summed E-state index contributed by atoms with van der Waals surface area (Å²) in [5.74, 6) is 0.799. The van der Waals surface area contributed by atoms with Gasteiger partial charge >= 0.3 is 0 Å². The topological polar surface area (TPSA) is 29.5 Å². The van der Waals surface area contributed by atoms with E-state index in [4.69, 9.17) is 4.74 Å². The minimum absolute atomic E-state index is 0.0766. The minimum Gasteiger partial charge on any atom is -0.393 e. The van der Waals surface area contributed by atoms with Crippen LogP contribution in [-0.2, 0) is 4.74 Å². The van der Waals surface area contributed by atoms with Gasteiger partial charge in [0.25, 0.3) is 0 Å². The molecule has 1 aliphatic carbocycles. The van der Waals surface area contributed by atoms with Crippen molar-refractivity contribution in [2.45, 2.75) is 76.4 Å². The van der Waals surface area contributed by atoms with Crippen molar-refractivity contribution >= 4 is 0 Å². The molecule has 0 aromatic heterocycles. The van der Waals surface area contributed by atoms with Crippen molar-refractivity contribution in [3.8, 4) is 0 Å². The second-order valence-corrected chi connectivity index (χ2v) is 5.61. The van der Waals surface area contributed by atoms with Crippen LogP contribution >= 0.6 is 0 Å². The molecule has 0 aromatic rings. The predicted molar refractivity (Wildman–Crippen MR) is 65.4 cm³/mol. The molecule has 2 aliphatic rings. The first-order chi connectivity index (χ1) is 7.84. The molecule has 94 valence electrons. The standard InChI is InChI=1S/C14H26O2/c15-13(8-9-14-7-4-10-16-14)11-12-5-2-1-3-6-12/h12-15H,1-11H2. The average molecular weight is 226 g/mol. The van der Waals surface area contributed by atoms with E-state index >= 15 is 0 Å². The van der Waals surface area contributed by atoms with Crippen molar-refractivity contribution in [2.24, 2.45) is 5.92 Å². The van der Waals surface area contributed by atoms with Crippen LogP contribution in [0.2, 0.25) is 0 Å². The van der Waals surface area contributed by atoms with Crippen LogP contribution in [0.25, 0.3) is 0 Å². The van der Waals surface area contributed by atoms with Crippen molar-refractivity contribution in [1.29, 1.82) is 0 Å². The zero-order chi connectivity index (χ0) is 11.2. The average Bonchev–Trinajstić information content (AvgIpc) is 2.81. The fourth-order valence-electron chi connectivity index (χ4n) is 3.18. The number of rotatable bonds is 5. The second-order valence-electron chi connectivity index (χ2n) is 5.61. The highest BCUT2D eigenvalue weighted by atomic mass is 16.5. The molecule has 16 heavy (non-hydrogen) atoms. The van der Waals surface area contributed by atoms with Gasteiger partial charge in [-0.25, -0.2) is 0 Å². The highest BCUT2D eigenvalue weighted by Gasteiger charge is 2.20. The SMILES string of the molecule is OC(CCC1CCCO1)CC1CCCCC1. The number of aliphatic hydroxyl groups excluding tert-OH is 1. The molecule has 0 amide bonds. The minimum atomic E-state index is -0.0766. The lowest BCUT2D eigenvalue weighted by Crippen LogP contribution is -2.18. The van der Waals surface area contributed by atoms with Crippen molar-refractivity contribution < 1.29 is 9.84 Å². The van der Waals surface area contributed by atoms with Crippen LogP contribution in [-0.4, -0.2) is 23.9 Å². The van der Waals surface area contributed by atoms with E-state index in [-0.39, 0.29) is 6.10 Å². The van der Waals surface area contributed by atoms with E-state index in [1.807, 2.05) is 0 Å². The summed E-state index contributed by atoms with van der Waals surface area (Å²) in [5, 5.41) is 10.0. The van der Waals surface area contributed by atoms with Gasteiger partial charge in [0.2, 0.25) is 0 Å². The molecule has 1 saturated carbocycles. The maximum atomic E-state index is 10.0. The summed E-state index contributed by atoms with van der Waals surface area (Å²) >= 11 is 0. The summed E-state index contributed by atoms with van der Waals surface area (Å²) < 4.78 is 5.58. The molecule has 0 radical (unpaired) electrons. The van der Waals surface area contributed by atoms with E-state index in [0.29, 0.717) is 6.10 Å². The molecule has 0 spiro atoms. The van der Waals surface area contributed by atoms with E-state index < -0.39 is 0 Å². The monoisotopic (exact) mass is 226 g/mol. The van der Waals surface area contributed by atoms with Crippen LogP contribution in [0.4, 0.5) is 0 Å². The van der Waals surface area contributed by atoms with Gasteiger partial charge in [0, 0.05) is 6.61 Å². The molecule has 1 aliphatic heterocycles. The maximum Gasteiger partial charge on any atom is 0.0577 e. The summed E-state index contributed by atoms with van der Waals surface area (Å²) in [7, 11) is 0. The van der Waals surface area contributed by atoms with Gasteiger partial charge in [-0.15, -0.1) is 0 Å². The van der Waals surface area contributed by atoms with Gasteiger partial charge in [-0.1, -0.05) is 32.1 Å². The first kappa shape index (κ1) is 12.4. The normalized spacial score (nSPS) is 29.4. The van der Waals surface area contributed by atoms with Crippen molar-refractivity contribution in [3.05, 3.63) is 0 Å². The summed E-state index contributed by atoms with van der Waals surface area (Å²) in [6, 6.07) is 0. The molecule has 2 unspecified atom stereocenters. The van der Waals surface area contributed by atoms with E-state index in [1.54, 1.807) is 0 Å². The third-order valence-electron chi connectivity index (χ3n) is 4.18. The highest BCUT2D eigenvalue weighted by Crippen LogP contribution is 2.28. The predicted octanol–water partition coefficient (Wildman–Crippen LogP) is 3.28. The van der Waals surface area contributed by atoms with E-state index in [1.165, 1.54) is 44.9 Å². The number of hydrogen-bond donors (Lipinski definition) is 1. The zero-order valence-corrected chi connectivity index (χ0v) is 10.4. The van der Waals surface area contributed by atoms with Crippen molar-refractivity contribution in [2.75, 3.05) is 6.61 Å². The summed E-state index contributed by atoms with van der Waals surface area (Å²) in [4.78, 5) is 0. The van der Waals surface area contributed by atoms with Gasteiger partial charge in [-0.3, -0.25) is 0 Å². The van der Waals surface area contributed by atoms with Crippen LogP contribution in [0, 0.1) is 5.92 Å². The molecular formula is C14H26O2. The number of aliphatic hydroxyl groups is 1. The Balaban J connectivity index is 1.57.